The first-order valence-electron chi connectivity index (χ1n) is 6.47. The predicted octanol–water partition coefficient (Wildman–Crippen LogP) is 0.515. The highest BCUT2D eigenvalue weighted by atomic mass is 31.1. The number of carbonyl (C=O) groups excluding carboxylic acids is 2. The van der Waals surface area contributed by atoms with E-state index in [4.69, 9.17) is 14.3 Å². The zero-order chi connectivity index (χ0) is 15.2. The number of rotatable bonds is 12. The van der Waals surface area contributed by atoms with Crippen LogP contribution in [0.4, 0.5) is 0 Å². The van der Waals surface area contributed by atoms with Crippen molar-refractivity contribution in [3.8, 4) is 6.07 Å². The van der Waals surface area contributed by atoms with E-state index in [-0.39, 0.29) is 33.8 Å². The maximum Gasteiger partial charge on any atom is 0.220 e. The summed E-state index contributed by atoms with van der Waals surface area (Å²) >= 11 is 0. The molecule has 114 valence electrons. The summed E-state index contributed by atoms with van der Waals surface area (Å²) in [5.41, 5.74) is 0. The van der Waals surface area contributed by atoms with Crippen LogP contribution in [-0.2, 0) is 18.6 Å². The first-order valence-corrected chi connectivity index (χ1v) is 7.29. The first-order chi connectivity index (χ1) is 9.65. The van der Waals surface area contributed by atoms with Crippen molar-refractivity contribution in [2.24, 2.45) is 0 Å². The van der Waals surface area contributed by atoms with E-state index in [9.17, 15) is 9.59 Å². The van der Waals surface area contributed by atoms with Crippen LogP contribution in [0.1, 0.15) is 26.2 Å². The molecule has 0 rings (SSSR count). The van der Waals surface area contributed by atoms with E-state index >= 15 is 0 Å². The number of hydrogen-bond acceptors (Lipinski definition) is 6. The lowest BCUT2D eigenvalue weighted by Gasteiger charge is -2.16. The van der Waals surface area contributed by atoms with Gasteiger partial charge in [-0.2, -0.15) is 5.26 Å². The molecule has 0 aromatic rings. The second kappa shape index (κ2) is 12.9. The predicted molar refractivity (Wildman–Crippen MR) is 76.2 cm³/mol. The Balaban J connectivity index is 3.84. The number of ketones is 1. The fourth-order valence-electron chi connectivity index (χ4n) is 1.29. The van der Waals surface area contributed by atoms with Crippen molar-refractivity contribution < 1.29 is 18.6 Å². The number of nitrogens with zero attached hydrogens (tertiary/aromatic N) is 1. The largest absolute Gasteiger partial charge is 0.345 e. The summed E-state index contributed by atoms with van der Waals surface area (Å²) in [6, 6.07) is 1.42. The highest BCUT2D eigenvalue weighted by molar-refractivity contribution is 7.26. The van der Waals surface area contributed by atoms with Crippen LogP contribution < -0.4 is 10.6 Å². The van der Waals surface area contributed by atoms with Crippen LogP contribution in [0.2, 0.25) is 0 Å². The summed E-state index contributed by atoms with van der Waals surface area (Å²) in [7, 11) is 1.55. The van der Waals surface area contributed by atoms with Crippen molar-refractivity contribution in [1.29, 1.82) is 5.26 Å². The summed E-state index contributed by atoms with van der Waals surface area (Å²) in [6.07, 6.45) is 0.881. The van der Waals surface area contributed by atoms with Crippen molar-refractivity contribution in [2.75, 3.05) is 26.8 Å². The minimum absolute atomic E-state index is 0.0806. The molecule has 2 unspecified atom stereocenters. The second-order valence-corrected chi connectivity index (χ2v) is 4.68. The van der Waals surface area contributed by atoms with Gasteiger partial charge >= 0.3 is 0 Å². The Morgan fingerprint density at radius 2 is 2.05 bits per heavy atom. The van der Waals surface area contributed by atoms with Gasteiger partial charge < -0.3 is 19.7 Å². The van der Waals surface area contributed by atoms with Crippen LogP contribution in [0, 0.1) is 11.3 Å². The summed E-state index contributed by atoms with van der Waals surface area (Å²) < 4.78 is 10.2. The van der Waals surface area contributed by atoms with Gasteiger partial charge in [-0.25, -0.2) is 0 Å². The van der Waals surface area contributed by atoms with Crippen molar-refractivity contribution >= 4 is 20.7 Å². The van der Waals surface area contributed by atoms with E-state index in [1.165, 1.54) is 0 Å². The molecule has 7 nitrogen and oxygen atoms in total. The molecule has 0 radical (unpaired) electrons. The fourth-order valence-corrected chi connectivity index (χ4v) is 1.75. The van der Waals surface area contributed by atoms with E-state index in [1.54, 1.807) is 14.0 Å². The van der Waals surface area contributed by atoms with Crippen LogP contribution in [0.15, 0.2) is 0 Å². The molecule has 8 heteroatoms. The van der Waals surface area contributed by atoms with E-state index in [1.807, 2.05) is 6.07 Å². The molecule has 1 amide bonds. The normalized spacial score (nSPS) is 12.2. The van der Waals surface area contributed by atoms with Gasteiger partial charge in [0, 0.05) is 19.4 Å². The Kier molecular flexibility index (Phi) is 12.3. The molecule has 0 spiro atoms. The van der Waals surface area contributed by atoms with Gasteiger partial charge in [0.2, 0.25) is 5.91 Å². The minimum atomic E-state index is -0.529. The first kappa shape index (κ1) is 18.9. The van der Waals surface area contributed by atoms with E-state index in [0.717, 1.165) is 0 Å². The van der Waals surface area contributed by atoms with Crippen LogP contribution >= 0.6 is 9.03 Å². The number of hydrogen-bond donors (Lipinski definition) is 2. The van der Waals surface area contributed by atoms with Gasteiger partial charge in [0.1, 0.15) is 0 Å². The molecule has 0 aliphatic carbocycles. The maximum atomic E-state index is 11.9. The van der Waals surface area contributed by atoms with E-state index < -0.39 is 6.04 Å². The van der Waals surface area contributed by atoms with Gasteiger partial charge in [-0.05, 0) is 7.05 Å². The molecule has 2 N–H and O–H groups in total. The Bertz CT molecular complexity index is 333. The summed E-state index contributed by atoms with van der Waals surface area (Å²) in [5.74, 6) is -0.232. The van der Waals surface area contributed by atoms with Gasteiger partial charge in [0.25, 0.3) is 0 Å². The van der Waals surface area contributed by atoms with Gasteiger partial charge in [-0.15, -0.1) is 0 Å². The highest BCUT2D eigenvalue weighted by Gasteiger charge is 2.18. The number of Topliss-reactive ketones (excluding diaryl/α,β-unsaturated/α-hetero) is 1. The highest BCUT2D eigenvalue weighted by Crippen LogP contribution is 2.14. The number of nitrogens with one attached hydrogen (secondary N) is 2. The Hall–Kier alpha value is -1.06. The monoisotopic (exact) mass is 303 g/mol. The van der Waals surface area contributed by atoms with E-state index in [2.05, 4.69) is 10.6 Å². The van der Waals surface area contributed by atoms with Crippen LogP contribution in [0.3, 0.4) is 0 Å². The van der Waals surface area contributed by atoms with Crippen LogP contribution in [0.25, 0.3) is 0 Å². The van der Waals surface area contributed by atoms with Gasteiger partial charge in [-0.3, -0.25) is 9.59 Å². The van der Waals surface area contributed by atoms with Crippen LogP contribution in [0.5, 0.6) is 0 Å². The van der Waals surface area contributed by atoms with Crippen molar-refractivity contribution in [3.05, 3.63) is 0 Å². The third-order valence-electron chi connectivity index (χ3n) is 2.34. The lowest BCUT2D eigenvalue weighted by molar-refractivity contribution is -0.127. The quantitative estimate of drug-likeness (QED) is 0.402. The average Bonchev–Trinajstić information content (AvgIpc) is 2.45. The SMILES string of the molecule is CCC(=O)NC(CNC)C(=O)CCOPOCCC#N. The third-order valence-corrected chi connectivity index (χ3v) is 2.98. The molecule has 0 saturated carbocycles. The molecular weight excluding hydrogens is 281 g/mol. The van der Waals surface area contributed by atoms with Crippen molar-refractivity contribution in [1.82, 2.24) is 10.6 Å². The Morgan fingerprint density at radius 1 is 1.35 bits per heavy atom. The lowest BCUT2D eigenvalue weighted by Crippen LogP contribution is -2.46. The number of amides is 1. The summed E-state index contributed by atoms with van der Waals surface area (Å²) in [6.45, 7) is 2.70. The zero-order valence-corrected chi connectivity index (χ0v) is 12.9. The van der Waals surface area contributed by atoms with Gasteiger partial charge in [0.05, 0.1) is 31.7 Å². The topological polar surface area (TPSA) is 100 Å². The molecule has 20 heavy (non-hydrogen) atoms. The molecule has 0 aromatic carbocycles. The number of likely N-dealkylation sites (N-methyl/N-ethyl adjacent to an activating group) is 1. The van der Waals surface area contributed by atoms with Crippen LogP contribution in [-0.4, -0.2) is 44.5 Å². The molecule has 0 fully saturated rings. The smallest absolute Gasteiger partial charge is 0.220 e. The standard InChI is InChI=1S/C12H22N3O4P/c1-3-12(17)15-10(9-14-2)11(16)5-8-19-20-18-7-4-6-13/h10,14,20H,3-5,7-9H2,1-2H3,(H,15,17). The van der Waals surface area contributed by atoms with Crippen molar-refractivity contribution in [2.45, 2.75) is 32.2 Å². The molecule has 0 saturated heterocycles. The molecule has 0 aromatic heterocycles. The lowest BCUT2D eigenvalue weighted by atomic mass is 10.1. The van der Waals surface area contributed by atoms with Crippen molar-refractivity contribution in [3.63, 3.8) is 0 Å². The molecule has 0 aliphatic heterocycles. The van der Waals surface area contributed by atoms with Gasteiger partial charge in [0.15, 0.2) is 14.8 Å². The Morgan fingerprint density at radius 3 is 2.65 bits per heavy atom. The molecule has 0 heterocycles. The number of carbonyl (C=O) groups is 2. The molecule has 2 atom stereocenters. The zero-order valence-electron chi connectivity index (χ0n) is 11.9. The maximum absolute atomic E-state index is 11.9. The van der Waals surface area contributed by atoms with Gasteiger partial charge in [-0.1, -0.05) is 6.92 Å². The molecular formula is C12H22N3O4P. The molecule has 0 aliphatic rings. The summed E-state index contributed by atoms with van der Waals surface area (Å²) in [4.78, 5) is 23.2. The van der Waals surface area contributed by atoms with E-state index in [0.29, 0.717) is 26.0 Å². The summed E-state index contributed by atoms with van der Waals surface area (Å²) in [5, 5.41) is 13.8. The second-order valence-electron chi connectivity index (χ2n) is 3.94. The molecule has 0 bridgehead atoms. The third kappa shape index (κ3) is 9.82. The average molecular weight is 303 g/mol. The Labute approximate surface area is 121 Å². The minimum Gasteiger partial charge on any atom is -0.345 e. The number of nitriles is 1. The fraction of sp³-hybridized carbons (Fsp3) is 0.750.